The minimum atomic E-state index is -0.489. The summed E-state index contributed by atoms with van der Waals surface area (Å²) in [5.74, 6) is 0.775. The van der Waals surface area contributed by atoms with Gasteiger partial charge in [0.2, 0.25) is 5.91 Å². The van der Waals surface area contributed by atoms with Crippen molar-refractivity contribution in [3.05, 3.63) is 30.1 Å². The zero-order valence-electron chi connectivity index (χ0n) is 9.79. The lowest BCUT2D eigenvalue weighted by Gasteiger charge is -2.14. The number of aromatic nitrogens is 2. The average molecular weight is 227 g/mol. The Morgan fingerprint density at radius 2 is 2.18 bits per heavy atom. The number of nitrogens with one attached hydrogen (secondary N) is 2. The minimum Gasteiger partial charge on any atom is -0.338 e. The summed E-state index contributed by atoms with van der Waals surface area (Å²) < 4.78 is 0. The predicted molar refractivity (Wildman–Crippen MR) is 67.8 cm³/mol. The second-order valence-corrected chi connectivity index (χ2v) is 4.82. The van der Waals surface area contributed by atoms with Crippen molar-refractivity contribution in [1.29, 1.82) is 0 Å². The summed E-state index contributed by atoms with van der Waals surface area (Å²) in [6.45, 7) is 7.52. The van der Waals surface area contributed by atoms with Crippen LogP contribution >= 0.6 is 0 Å². The number of nitrogens with zero attached hydrogens (tertiary/aromatic N) is 1. The maximum absolute atomic E-state index is 11.8. The van der Waals surface area contributed by atoms with Crippen LogP contribution in [0.25, 0.3) is 17.1 Å². The fraction of sp³-hybridized carbons (Fsp3) is 0.231. The summed E-state index contributed by atoms with van der Waals surface area (Å²) in [7, 11) is 0. The van der Waals surface area contributed by atoms with Crippen LogP contribution in [0.4, 0.5) is 5.69 Å². The van der Waals surface area contributed by atoms with E-state index in [0.29, 0.717) is 0 Å². The Bertz CT molecular complexity index is 652. The van der Waals surface area contributed by atoms with Crippen LogP contribution in [0.1, 0.15) is 25.2 Å². The Labute approximate surface area is 98.7 Å². The van der Waals surface area contributed by atoms with Crippen LogP contribution in [0.5, 0.6) is 0 Å². The SMILES string of the molecule is C=Cc1nc2cc3c(cc2[nH]1)NC(=O)C3(C)C. The van der Waals surface area contributed by atoms with Gasteiger partial charge in [0.05, 0.1) is 16.4 Å². The molecular weight excluding hydrogens is 214 g/mol. The van der Waals surface area contributed by atoms with Crippen LogP contribution in [0.2, 0.25) is 0 Å². The summed E-state index contributed by atoms with van der Waals surface area (Å²) in [6, 6.07) is 3.89. The minimum absolute atomic E-state index is 0.0316. The molecule has 2 heterocycles. The smallest absolute Gasteiger partial charge is 0.234 e. The van der Waals surface area contributed by atoms with Crippen LogP contribution in [-0.4, -0.2) is 15.9 Å². The van der Waals surface area contributed by atoms with Gasteiger partial charge in [-0.25, -0.2) is 4.98 Å². The summed E-state index contributed by atoms with van der Waals surface area (Å²) in [4.78, 5) is 19.3. The number of amides is 1. The Morgan fingerprint density at radius 1 is 1.41 bits per heavy atom. The molecule has 1 aliphatic rings. The number of fused-ring (bicyclic) bond motifs is 2. The van der Waals surface area contributed by atoms with Crippen molar-refractivity contribution in [1.82, 2.24) is 9.97 Å². The highest BCUT2D eigenvalue weighted by Crippen LogP contribution is 2.39. The first kappa shape index (κ1) is 10.1. The van der Waals surface area contributed by atoms with Gasteiger partial charge >= 0.3 is 0 Å². The molecule has 2 N–H and O–H groups in total. The number of H-pyrrole nitrogens is 1. The van der Waals surface area contributed by atoms with Gasteiger partial charge in [0, 0.05) is 5.69 Å². The number of imidazole rings is 1. The van der Waals surface area contributed by atoms with Gasteiger partial charge in [0.1, 0.15) is 5.82 Å². The standard InChI is InChI=1S/C13H13N3O/c1-4-11-14-9-5-7-8(6-10(9)15-11)16-12(17)13(7,2)3/h4-6H,1H2,2-3H3,(H,14,15)(H,16,17). The summed E-state index contributed by atoms with van der Waals surface area (Å²) in [5.41, 5.74) is 3.15. The molecule has 1 amide bonds. The number of hydrogen-bond donors (Lipinski definition) is 2. The number of anilines is 1. The average Bonchev–Trinajstić information content (AvgIpc) is 2.77. The lowest BCUT2D eigenvalue weighted by atomic mass is 9.86. The second kappa shape index (κ2) is 2.97. The van der Waals surface area contributed by atoms with E-state index in [1.807, 2.05) is 26.0 Å². The molecular formula is C13H13N3O. The van der Waals surface area contributed by atoms with Gasteiger partial charge in [0.15, 0.2) is 0 Å². The van der Waals surface area contributed by atoms with E-state index in [0.717, 1.165) is 28.1 Å². The highest BCUT2D eigenvalue weighted by Gasteiger charge is 2.38. The number of carbonyl (C=O) groups is 1. The Balaban J connectivity index is 2.29. The molecule has 0 bridgehead atoms. The summed E-state index contributed by atoms with van der Waals surface area (Å²) >= 11 is 0. The van der Waals surface area contributed by atoms with Crippen LogP contribution in [-0.2, 0) is 10.2 Å². The zero-order valence-corrected chi connectivity index (χ0v) is 9.79. The molecule has 0 atom stereocenters. The van der Waals surface area contributed by atoms with Crippen molar-refractivity contribution in [3.63, 3.8) is 0 Å². The van der Waals surface area contributed by atoms with E-state index in [1.165, 1.54) is 0 Å². The van der Waals surface area contributed by atoms with E-state index < -0.39 is 5.41 Å². The third-order valence-corrected chi connectivity index (χ3v) is 3.32. The van der Waals surface area contributed by atoms with E-state index in [-0.39, 0.29) is 5.91 Å². The summed E-state index contributed by atoms with van der Waals surface area (Å²) in [5, 5.41) is 2.89. The van der Waals surface area contributed by atoms with Crippen molar-refractivity contribution in [3.8, 4) is 0 Å². The Morgan fingerprint density at radius 3 is 2.88 bits per heavy atom. The molecule has 1 aliphatic heterocycles. The van der Waals surface area contributed by atoms with Crippen LogP contribution in [0, 0.1) is 0 Å². The molecule has 17 heavy (non-hydrogen) atoms. The van der Waals surface area contributed by atoms with E-state index in [4.69, 9.17) is 0 Å². The van der Waals surface area contributed by atoms with Gasteiger partial charge in [-0.05, 0) is 37.6 Å². The lowest BCUT2D eigenvalue weighted by Crippen LogP contribution is -2.26. The number of rotatable bonds is 1. The van der Waals surface area contributed by atoms with E-state index >= 15 is 0 Å². The molecule has 0 saturated heterocycles. The highest BCUT2D eigenvalue weighted by atomic mass is 16.2. The molecule has 0 saturated carbocycles. The fourth-order valence-electron chi connectivity index (χ4n) is 2.19. The quantitative estimate of drug-likeness (QED) is 0.786. The molecule has 1 aromatic carbocycles. The molecule has 0 radical (unpaired) electrons. The van der Waals surface area contributed by atoms with Crippen LogP contribution in [0.15, 0.2) is 18.7 Å². The molecule has 4 nitrogen and oxygen atoms in total. The first-order valence-corrected chi connectivity index (χ1v) is 5.50. The largest absolute Gasteiger partial charge is 0.338 e. The fourth-order valence-corrected chi connectivity index (χ4v) is 2.19. The van der Waals surface area contributed by atoms with E-state index in [2.05, 4.69) is 21.9 Å². The summed E-state index contributed by atoms with van der Waals surface area (Å²) in [6.07, 6.45) is 1.68. The van der Waals surface area contributed by atoms with Crippen molar-refractivity contribution in [2.75, 3.05) is 5.32 Å². The molecule has 0 unspecified atom stereocenters. The Kier molecular flexibility index (Phi) is 1.76. The maximum Gasteiger partial charge on any atom is 0.234 e. The number of hydrogen-bond acceptors (Lipinski definition) is 2. The van der Waals surface area contributed by atoms with Crippen molar-refractivity contribution >= 4 is 28.7 Å². The van der Waals surface area contributed by atoms with Gasteiger partial charge in [-0.3, -0.25) is 4.79 Å². The normalized spacial score (nSPS) is 16.9. The molecule has 0 spiro atoms. The van der Waals surface area contributed by atoms with Gasteiger partial charge in [0.25, 0.3) is 0 Å². The van der Waals surface area contributed by atoms with E-state index in [9.17, 15) is 4.79 Å². The van der Waals surface area contributed by atoms with E-state index in [1.54, 1.807) is 6.08 Å². The van der Waals surface area contributed by atoms with Gasteiger partial charge < -0.3 is 10.3 Å². The number of benzene rings is 1. The van der Waals surface area contributed by atoms with Gasteiger partial charge in [-0.15, -0.1) is 0 Å². The first-order valence-electron chi connectivity index (χ1n) is 5.50. The van der Waals surface area contributed by atoms with Crippen molar-refractivity contribution < 1.29 is 4.79 Å². The van der Waals surface area contributed by atoms with Crippen molar-refractivity contribution in [2.45, 2.75) is 19.3 Å². The molecule has 4 heteroatoms. The highest BCUT2D eigenvalue weighted by molar-refractivity contribution is 6.07. The van der Waals surface area contributed by atoms with Gasteiger partial charge in [-0.2, -0.15) is 0 Å². The topological polar surface area (TPSA) is 57.8 Å². The molecule has 0 fully saturated rings. The molecule has 0 aliphatic carbocycles. The zero-order chi connectivity index (χ0) is 12.2. The maximum atomic E-state index is 11.8. The molecule has 86 valence electrons. The first-order chi connectivity index (χ1) is 8.02. The number of carbonyl (C=O) groups excluding carboxylic acids is 1. The second-order valence-electron chi connectivity index (χ2n) is 4.82. The monoisotopic (exact) mass is 227 g/mol. The Hall–Kier alpha value is -2.10. The lowest BCUT2D eigenvalue weighted by molar-refractivity contribution is -0.119. The third-order valence-electron chi connectivity index (χ3n) is 3.32. The third kappa shape index (κ3) is 1.24. The molecule has 3 rings (SSSR count). The number of aromatic amines is 1. The van der Waals surface area contributed by atoms with Crippen LogP contribution < -0.4 is 5.32 Å². The molecule has 1 aromatic heterocycles. The van der Waals surface area contributed by atoms with Crippen molar-refractivity contribution in [2.24, 2.45) is 0 Å². The van der Waals surface area contributed by atoms with Gasteiger partial charge in [-0.1, -0.05) is 6.58 Å². The van der Waals surface area contributed by atoms with Crippen LogP contribution in [0.3, 0.4) is 0 Å². The predicted octanol–water partition coefficient (Wildman–Crippen LogP) is 2.44. The molecule has 2 aromatic rings.